The van der Waals surface area contributed by atoms with Gasteiger partial charge in [0.2, 0.25) is 0 Å². The van der Waals surface area contributed by atoms with Crippen LogP contribution in [-0.4, -0.2) is 7.05 Å². The Morgan fingerprint density at radius 1 is 1.05 bits per heavy atom. The Bertz CT molecular complexity index is 552. The van der Waals surface area contributed by atoms with Gasteiger partial charge >= 0.3 is 0 Å². The maximum absolute atomic E-state index is 3.52. The Morgan fingerprint density at radius 3 is 2.42 bits per heavy atom. The van der Waals surface area contributed by atoms with Crippen molar-refractivity contribution in [1.29, 1.82) is 0 Å². The van der Waals surface area contributed by atoms with Crippen LogP contribution in [-0.2, 0) is 0 Å². The number of halogens is 1. The summed E-state index contributed by atoms with van der Waals surface area (Å²) in [5.41, 5.74) is 2.92. The van der Waals surface area contributed by atoms with Gasteiger partial charge in [0.25, 0.3) is 0 Å². The van der Waals surface area contributed by atoms with Crippen molar-refractivity contribution in [3.63, 3.8) is 0 Å². The van der Waals surface area contributed by atoms with Crippen molar-refractivity contribution in [1.82, 2.24) is 5.32 Å². The van der Waals surface area contributed by atoms with E-state index in [9.17, 15) is 0 Å². The molecule has 2 heteroatoms. The van der Waals surface area contributed by atoms with E-state index in [4.69, 9.17) is 0 Å². The fraction of sp³-hybridized carbons (Fsp3) is 0.294. The van der Waals surface area contributed by atoms with Crippen molar-refractivity contribution in [2.75, 3.05) is 7.05 Å². The average Bonchev–Trinajstić information content (AvgIpc) is 3.23. The van der Waals surface area contributed by atoms with Crippen LogP contribution in [0.4, 0.5) is 0 Å². The molecule has 0 amide bonds. The number of nitrogens with one attached hydrogen (secondary N) is 1. The van der Waals surface area contributed by atoms with E-state index in [2.05, 4.69) is 89.6 Å². The standard InChI is InChI=1S/C17H18IN/c1-19-17(13-9-5-6-10-16(13)18)15-11-14(15)12-7-3-2-4-8-12/h2-10,14-15,17,19H,11H2,1H3. The van der Waals surface area contributed by atoms with Crippen LogP contribution >= 0.6 is 22.6 Å². The molecule has 1 saturated carbocycles. The van der Waals surface area contributed by atoms with E-state index in [1.165, 1.54) is 21.1 Å². The van der Waals surface area contributed by atoms with Gasteiger partial charge in [-0.25, -0.2) is 0 Å². The van der Waals surface area contributed by atoms with Crippen LogP contribution in [0.25, 0.3) is 0 Å². The first-order valence-corrected chi connectivity index (χ1v) is 7.85. The number of hydrogen-bond acceptors (Lipinski definition) is 1. The third-order valence-corrected chi connectivity index (χ3v) is 5.03. The second-order valence-electron chi connectivity index (χ2n) is 5.20. The molecule has 0 bridgehead atoms. The highest BCUT2D eigenvalue weighted by Crippen LogP contribution is 2.54. The Morgan fingerprint density at radius 2 is 1.74 bits per heavy atom. The lowest BCUT2D eigenvalue weighted by molar-refractivity contribution is 0.516. The highest BCUT2D eigenvalue weighted by molar-refractivity contribution is 14.1. The average molecular weight is 363 g/mol. The molecule has 1 fully saturated rings. The summed E-state index contributed by atoms with van der Waals surface area (Å²) in [4.78, 5) is 0. The van der Waals surface area contributed by atoms with E-state index < -0.39 is 0 Å². The molecule has 1 aliphatic carbocycles. The van der Waals surface area contributed by atoms with E-state index in [1.54, 1.807) is 0 Å². The van der Waals surface area contributed by atoms with Crippen LogP contribution in [0, 0.1) is 9.49 Å². The molecule has 98 valence electrons. The summed E-state index contributed by atoms with van der Waals surface area (Å²) in [5.74, 6) is 1.44. The van der Waals surface area contributed by atoms with Crippen LogP contribution < -0.4 is 5.32 Å². The van der Waals surface area contributed by atoms with E-state index >= 15 is 0 Å². The third-order valence-electron chi connectivity index (χ3n) is 4.05. The van der Waals surface area contributed by atoms with E-state index in [1.807, 2.05) is 0 Å². The minimum absolute atomic E-state index is 0.471. The van der Waals surface area contributed by atoms with Crippen molar-refractivity contribution in [3.8, 4) is 0 Å². The first kappa shape index (κ1) is 13.1. The van der Waals surface area contributed by atoms with Gasteiger partial charge in [0.05, 0.1) is 0 Å². The molecule has 2 aromatic rings. The molecule has 0 aromatic heterocycles. The summed E-state index contributed by atoms with van der Waals surface area (Å²) in [6.07, 6.45) is 1.29. The van der Waals surface area contributed by atoms with Crippen molar-refractivity contribution in [3.05, 3.63) is 69.3 Å². The molecule has 0 heterocycles. The van der Waals surface area contributed by atoms with Gasteiger partial charge < -0.3 is 5.32 Å². The van der Waals surface area contributed by atoms with Gasteiger partial charge in [-0.1, -0.05) is 48.5 Å². The maximum atomic E-state index is 3.52. The second-order valence-corrected chi connectivity index (χ2v) is 6.37. The Labute approximate surface area is 128 Å². The summed E-state index contributed by atoms with van der Waals surface area (Å²) >= 11 is 2.44. The lowest BCUT2D eigenvalue weighted by Gasteiger charge is -2.18. The fourth-order valence-corrected chi connectivity index (χ4v) is 3.72. The third kappa shape index (κ3) is 2.70. The van der Waals surface area contributed by atoms with Gasteiger partial charge in [-0.2, -0.15) is 0 Å². The summed E-state index contributed by atoms with van der Waals surface area (Å²) in [6.45, 7) is 0. The molecule has 1 nitrogen and oxygen atoms in total. The molecule has 1 aliphatic rings. The Kier molecular flexibility index (Phi) is 3.89. The van der Waals surface area contributed by atoms with Gasteiger partial charge in [0, 0.05) is 9.61 Å². The predicted octanol–water partition coefficient (Wildman–Crippen LogP) is 4.36. The van der Waals surface area contributed by atoms with Crippen LogP contribution in [0.1, 0.15) is 29.5 Å². The van der Waals surface area contributed by atoms with Gasteiger partial charge in [-0.3, -0.25) is 0 Å². The second kappa shape index (κ2) is 5.63. The lowest BCUT2D eigenvalue weighted by atomic mass is 9.99. The molecular weight excluding hydrogens is 345 g/mol. The predicted molar refractivity (Wildman–Crippen MR) is 88.2 cm³/mol. The SMILES string of the molecule is CNC(c1ccccc1I)C1CC1c1ccccc1. The summed E-state index contributed by atoms with van der Waals surface area (Å²) < 4.78 is 1.36. The summed E-state index contributed by atoms with van der Waals surface area (Å²) in [7, 11) is 2.08. The molecule has 0 saturated heterocycles. The molecule has 1 N–H and O–H groups in total. The molecular formula is C17H18IN. The van der Waals surface area contributed by atoms with Crippen molar-refractivity contribution in [2.45, 2.75) is 18.4 Å². The highest BCUT2D eigenvalue weighted by atomic mass is 127. The first-order valence-electron chi connectivity index (χ1n) is 6.78. The van der Waals surface area contributed by atoms with Gasteiger partial charge in [0.15, 0.2) is 0 Å². The van der Waals surface area contributed by atoms with E-state index in [0.29, 0.717) is 6.04 Å². The van der Waals surface area contributed by atoms with Gasteiger partial charge in [0.1, 0.15) is 0 Å². The number of rotatable bonds is 4. The Balaban J connectivity index is 1.81. The summed E-state index contributed by atoms with van der Waals surface area (Å²) in [6, 6.07) is 20.1. The number of hydrogen-bond donors (Lipinski definition) is 1. The zero-order valence-corrected chi connectivity index (χ0v) is 13.2. The largest absolute Gasteiger partial charge is 0.313 e. The summed E-state index contributed by atoms with van der Waals surface area (Å²) in [5, 5.41) is 3.52. The van der Waals surface area contributed by atoms with Gasteiger partial charge in [-0.15, -0.1) is 0 Å². The minimum atomic E-state index is 0.471. The topological polar surface area (TPSA) is 12.0 Å². The molecule has 0 spiro atoms. The fourth-order valence-electron chi connectivity index (χ4n) is 2.99. The monoisotopic (exact) mass is 363 g/mol. The van der Waals surface area contributed by atoms with Gasteiger partial charge in [-0.05, 0) is 65.1 Å². The first-order chi connectivity index (χ1) is 9.31. The molecule has 0 aliphatic heterocycles. The van der Waals surface area contributed by atoms with E-state index in [-0.39, 0.29) is 0 Å². The zero-order chi connectivity index (χ0) is 13.2. The zero-order valence-electron chi connectivity index (χ0n) is 11.0. The van der Waals surface area contributed by atoms with Crippen molar-refractivity contribution >= 4 is 22.6 Å². The highest BCUT2D eigenvalue weighted by Gasteiger charge is 2.44. The molecule has 19 heavy (non-hydrogen) atoms. The quantitative estimate of drug-likeness (QED) is 0.797. The molecule has 3 atom stereocenters. The smallest absolute Gasteiger partial charge is 0.0362 e. The minimum Gasteiger partial charge on any atom is -0.313 e. The van der Waals surface area contributed by atoms with Crippen LogP contribution in [0.2, 0.25) is 0 Å². The molecule has 3 rings (SSSR count). The molecule has 0 radical (unpaired) electrons. The van der Waals surface area contributed by atoms with Crippen LogP contribution in [0.3, 0.4) is 0 Å². The normalized spacial score (nSPS) is 23.1. The lowest BCUT2D eigenvalue weighted by Crippen LogP contribution is -2.20. The van der Waals surface area contributed by atoms with Crippen molar-refractivity contribution < 1.29 is 0 Å². The van der Waals surface area contributed by atoms with E-state index in [0.717, 1.165) is 11.8 Å². The Hall–Kier alpha value is -0.870. The van der Waals surface area contributed by atoms with Crippen molar-refractivity contribution in [2.24, 2.45) is 5.92 Å². The molecule has 3 unspecified atom stereocenters. The molecule has 2 aromatic carbocycles. The number of benzene rings is 2. The van der Waals surface area contributed by atoms with Crippen LogP contribution in [0.15, 0.2) is 54.6 Å². The van der Waals surface area contributed by atoms with Crippen LogP contribution in [0.5, 0.6) is 0 Å². The maximum Gasteiger partial charge on any atom is 0.0362 e.